The van der Waals surface area contributed by atoms with Gasteiger partial charge in [0.1, 0.15) is 11.5 Å². The number of anilines is 2. The van der Waals surface area contributed by atoms with Crippen molar-refractivity contribution in [2.24, 2.45) is 0 Å². The van der Waals surface area contributed by atoms with E-state index in [0.29, 0.717) is 34.5 Å². The molecule has 0 saturated carbocycles. The lowest BCUT2D eigenvalue weighted by Gasteiger charge is -2.15. The van der Waals surface area contributed by atoms with E-state index >= 15 is 0 Å². The average Bonchev–Trinajstić information content (AvgIpc) is 3.12. The van der Waals surface area contributed by atoms with Gasteiger partial charge in [0.05, 0.1) is 12.3 Å². The van der Waals surface area contributed by atoms with Crippen LogP contribution < -0.4 is 25.5 Å². The average molecular weight is 454 g/mol. The first-order valence-corrected chi connectivity index (χ1v) is 10.1. The normalized spacial score (nSPS) is 12.8. The Balaban J connectivity index is 1.48. The minimum Gasteiger partial charge on any atom is -0.492 e. The van der Waals surface area contributed by atoms with Crippen molar-refractivity contribution in [3.8, 4) is 11.5 Å². The van der Waals surface area contributed by atoms with E-state index in [0.717, 1.165) is 0 Å². The number of hydrogen-bond acceptors (Lipinski definition) is 7. The number of benzene rings is 2. The molecule has 0 unspecified atom stereocenters. The van der Waals surface area contributed by atoms with Crippen molar-refractivity contribution in [1.29, 1.82) is 0 Å². The van der Waals surface area contributed by atoms with Crippen LogP contribution in [0.5, 0.6) is 11.5 Å². The summed E-state index contributed by atoms with van der Waals surface area (Å²) in [6.07, 6.45) is 0.119. The summed E-state index contributed by atoms with van der Waals surface area (Å²) in [5.41, 5.74) is 2.90. The Morgan fingerprint density at radius 3 is 2.18 bits per heavy atom. The van der Waals surface area contributed by atoms with E-state index < -0.39 is 36.1 Å². The monoisotopic (exact) mass is 454 g/mol. The fraction of sp³-hybridized carbons (Fsp3) is 0.227. The van der Waals surface area contributed by atoms with Gasteiger partial charge in [-0.1, -0.05) is 12.1 Å². The fourth-order valence-electron chi connectivity index (χ4n) is 2.86. The molecule has 1 fully saturated rings. The Morgan fingerprint density at radius 1 is 0.879 bits per heavy atom. The van der Waals surface area contributed by atoms with E-state index in [2.05, 4.69) is 16.1 Å². The molecule has 1 saturated heterocycles. The van der Waals surface area contributed by atoms with E-state index in [-0.39, 0.29) is 12.8 Å². The number of para-hydroxylation sites is 2. The van der Waals surface area contributed by atoms with Gasteiger partial charge in [-0.25, -0.2) is 0 Å². The quantitative estimate of drug-likeness (QED) is 0.402. The molecule has 0 spiro atoms. The first kappa shape index (κ1) is 23.3. The molecule has 1 heterocycles. The van der Waals surface area contributed by atoms with E-state index in [1.807, 2.05) is 0 Å². The van der Waals surface area contributed by atoms with Gasteiger partial charge in [0.15, 0.2) is 6.61 Å². The van der Waals surface area contributed by atoms with Gasteiger partial charge < -0.3 is 20.1 Å². The number of hydrazine groups is 1. The number of nitrogens with one attached hydrogen (secondary N) is 3. The van der Waals surface area contributed by atoms with Gasteiger partial charge in [0.25, 0.3) is 5.91 Å². The molecule has 3 N–H and O–H groups in total. The van der Waals surface area contributed by atoms with Crippen LogP contribution >= 0.6 is 0 Å². The number of rotatable bonds is 8. The molecule has 3 rings (SSSR count). The van der Waals surface area contributed by atoms with Crippen LogP contribution in [0.2, 0.25) is 0 Å². The van der Waals surface area contributed by atoms with Crippen molar-refractivity contribution in [2.75, 3.05) is 23.8 Å². The molecular weight excluding hydrogens is 432 g/mol. The van der Waals surface area contributed by atoms with Crippen LogP contribution in [0.15, 0.2) is 48.5 Å². The molecule has 0 radical (unpaired) electrons. The van der Waals surface area contributed by atoms with Gasteiger partial charge in [-0.3, -0.25) is 29.4 Å². The zero-order chi connectivity index (χ0) is 23.8. The summed E-state index contributed by atoms with van der Waals surface area (Å²) in [5, 5.41) is 5.64. The molecule has 172 valence electrons. The molecule has 33 heavy (non-hydrogen) atoms. The van der Waals surface area contributed by atoms with Crippen LogP contribution in [0.4, 0.5) is 11.4 Å². The number of hydrogen-bond donors (Lipinski definition) is 3. The fourth-order valence-corrected chi connectivity index (χ4v) is 2.86. The van der Waals surface area contributed by atoms with E-state index in [1.165, 1.54) is 24.3 Å². The third-order valence-corrected chi connectivity index (χ3v) is 4.41. The zero-order valence-electron chi connectivity index (χ0n) is 17.8. The molecule has 5 amide bonds. The van der Waals surface area contributed by atoms with Crippen LogP contribution in [-0.4, -0.2) is 47.8 Å². The van der Waals surface area contributed by atoms with Crippen molar-refractivity contribution in [2.45, 2.75) is 19.8 Å². The van der Waals surface area contributed by atoms with Gasteiger partial charge in [-0.15, -0.1) is 0 Å². The number of amides is 5. The van der Waals surface area contributed by atoms with Gasteiger partial charge >= 0.3 is 11.8 Å². The molecule has 1 aliphatic rings. The second-order valence-corrected chi connectivity index (χ2v) is 6.81. The Labute approximate surface area is 189 Å². The van der Waals surface area contributed by atoms with Crippen molar-refractivity contribution < 1.29 is 33.4 Å². The third-order valence-electron chi connectivity index (χ3n) is 4.41. The topological polar surface area (TPSA) is 143 Å². The molecule has 0 aliphatic carbocycles. The van der Waals surface area contributed by atoms with E-state index in [9.17, 15) is 24.0 Å². The molecule has 1 aliphatic heterocycles. The molecule has 0 atom stereocenters. The number of nitrogens with zero attached hydrogens (tertiary/aromatic N) is 1. The smallest absolute Gasteiger partial charge is 0.314 e. The van der Waals surface area contributed by atoms with Crippen LogP contribution in [0.1, 0.15) is 19.8 Å². The highest BCUT2D eigenvalue weighted by Crippen LogP contribution is 2.23. The van der Waals surface area contributed by atoms with Crippen LogP contribution in [0.25, 0.3) is 0 Å². The largest absolute Gasteiger partial charge is 0.492 e. The molecular formula is C22H22N4O7. The number of carbonyl (C=O) groups excluding carboxylic acids is 5. The molecule has 2 aromatic rings. The number of carbonyl (C=O) groups is 5. The minimum atomic E-state index is -0.880. The number of imide groups is 1. The molecule has 0 aromatic heterocycles. The Bertz CT molecular complexity index is 1050. The maximum Gasteiger partial charge on any atom is 0.314 e. The molecule has 2 aromatic carbocycles. The lowest BCUT2D eigenvalue weighted by molar-refractivity contribution is -0.148. The Morgan fingerprint density at radius 2 is 1.52 bits per heavy atom. The third kappa shape index (κ3) is 6.29. The highest BCUT2D eigenvalue weighted by molar-refractivity contribution is 6.43. The van der Waals surface area contributed by atoms with Crippen LogP contribution in [0.3, 0.4) is 0 Å². The minimum absolute atomic E-state index is 0.0597. The summed E-state index contributed by atoms with van der Waals surface area (Å²) in [6.45, 7) is 1.79. The van der Waals surface area contributed by atoms with Gasteiger partial charge in [-0.2, -0.15) is 5.01 Å². The first-order chi connectivity index (χ1) is 15.9. The van der Waals surface area contributed by atoms with Gasteiger partial charge in [-0.05, 0) is 43.3 Å². The summed E-state index contributed by atoms with van der Waals surface area (Å²) >= 11 is 0. The predicted octanol–water partition coefficient (Wildman–Crippen LogP) is 1.22. The van der Waals surface area contributed by atoms with Crippen molar-refractivity contribution in [3.05, 3.63) is 48.5 Å². The first-order valence-electron chi connectivity index (χ1n) is 10.1. The molecule has 11 nitrogen and oxygen atoms in total. The molecule has 11 heteroatoms. The second-order valence-electron chi connectivity index (χ2n) is 6.81. The number of ether oxygens (including phenoxy) is 2. The standard InChI is InChI=1S/C22H22N4O7/c1-2-32-17-6-4-3-5-16(17)24-22(31)21(30)23-14-7-9-15(10-8-14)33-13-18(27)25-26-19(28)11-12-20(26)29/h3-10H,2,11-13H2,1H3,(H,23,30)(H,24,31)(H,25,27). The van der Waals surface area contributed by atoms with Gasteiger partial charge in [0.2, 0.25) is 11.8 Å². The predicted molar refractivity (Wildman–Crippen MR) is 116 cm³/mol. The van der Waals surface area contributed by atoms with Gasteiger partial charge in [0, 0.05) is 18.5 Å². The van der Waals surface area contributed by atoms with E-state index in [1.54, 1.807) is 31.2 Å². The lowest BCUT2D eigenvalue weighted by atomic mass is 10.2. The Hall–Kier alpha value is -4.41. The maximum atomic E-state index is 12.2. The van der Waals surface area contributed by atoms with Crippen molar-refractivity contribution >= 4 is 40.9 Å². The molecule has 0 bridgehead atoms. The summed E-state index contributed by atoms with van der Waals surface area (Å²) in [7, 11) is 0. The van der Waals surface area contributed by atoms with E-state index in [4.69, 9.17) is 9.47 Å². The zero-order valence-corrected chi connectivity index (χ0v) is 17.8. The Kier molecular flexibility index (Phi) is 7.58. The van der Waals surface area contributed by atoms with Crippen molar-refractivity contribution in [1.82, 2.24) is 10.4 Å². The SMILES string of the molecule is CCOc1ccccc1NC(=O)C(=O)Nc1ccc(OCC(=O)NN2C(=O)CCC2=O)cc1. The van der Waals surface area contributed by atoms with Crippen LogP contribution in [0, 0.1) is 0 Å². The summed E-state index contributed by atoms with van der Waals surface area (Å²) in [5.74, 6) is -2.61. The second kappa shape index (κ2) is 10.8. The van der Waals surface area contributed by atoms with Crippen LogP contribution in [-0.2, 0) is 24.0 Å². The highest BCUT2D eigenvalue weighted by atomic mass is 16.5. The van der Waals surface area contributed by atoms with Crippen molar-refractivity contribution in [3.63, 3.8) is 0 Å². The summed E-state index contributed by atoms with van der Waals surface area (Å²) < 4.78 is 10.7. The lowest BCUT2D eigenvalue weighted by Crippen LogP contribution is -2.47. The summed E-state index contributed by atoms with van der Waals surface area (Å²) in [4.78, 5) is 59.3. The maximum absolute atomic E-state index is 12.2. The summed E-state index contributed by atoms with van der Waals surface area (Å²) in [6, 6.07) is 12.7. The highest BCUT2D eigenvalue weighted by Gasteiger charge is 2.30.